The molecule has 0 aromatic rings. The highest BCUT2D eigenvalue weighted by atomic mass is 16.1. The van der Waals surface area contributed by atoms with E-state index < -0.39 is 0 Å². The van der Waals surface area contributed by atoms with Gasteiger partial charge in [-0.1, -0.05) is 6.92 Å². The van der Waals surface area contributed by atoms with Gasteiger partial charge < -0.3 is 0 Å². The van der Waals surface area contributed by atoms with Crippen molar-refractivity contribution < 1.29 is 4.79 Å². The van der Waals surface area contributed by atoms with Gasteiger partial charge in [-0.05, 0) is 31.6 Å². The lowest BCUT2D eigenvalue weighted by atomic mass is 9.85. The van der Waals surface area contributed by atoms with Crippen LogP contribution in [0.25, 0.3) is 0 Å². The molecule has 2 saturated carbocycles. The van der Waals surface area contributed by atoms with E-state index in [9.17, 15) is 4.79 Å². The predicted molar refractivity (Wildman–Crippen MR) is 39.7 cm³/mol. The van der Waals surface area contributed by atoms with Crippen LogP contribution >= 0.6 is 0 Å². The standard InChI is InChI=1S/C9H14O/c1-2-9-6-7(9)4-3-5-8(9)10/h7H,2-6H2,1H3/t7-,9+/m0/s1. The smallest absolute Gasteiger partial charge is 0.139 e. The maximum Gasteiger partial charge on any atom is 0.139 e. The molecule has 0 aromatic heterocycles. The van der Waals surface area contributed by atoms with Crippen LogP contribution in [0.4, 0.5) is 0 Å². The summed E-state index contributed by atoms with van der Waals surface area (Å²) >= 11 is 0. The highest BCUT2D eigenvalue weighted by molar-refractivity contribution is 5.88. The minimum Gasteiger partial charge on any atom is -0.299 e. The topological polar surface area (TPSA) is 17.1 Å². The number of ketones is 1. The summed E-state index contributed by atoms with van der Waals surface area (Å²) in [4.78, 5) is 11.4. The van der Waals surface area contributed by atoms with Gasteiger partial charge in [0.2, 0.25) is 0 Å². The monoisotopic (exact) mass is 138 g/mol. The summed E-state index contributed by atoms with van der Waals surface area (Å²) in [5.74, 6) is 1.35. The van der Waals surface area contributed by atoms with E-state index in [1.165, 1.54) is 12.8 Å². The maximum atomic E-state index is 11.4. The molecule has 0 heterocycles. The van der Waals surface area contributed by atoms with Crippen molar-refractivity contribution in [2.75, 3.05) is 0 Å². The fourth-order valence-corrected chi connectivity index (χ4v) is 2.49. The lowest BCUT2D eigenvalue weighted by Gasteiger charge is -2.18. The number of hydrogen-bond donors (Lipinski definition) is 0. The van der Waals surface area contributed by atoms with E-state index in [2.05, 4.69) is 6.92 Å². The van der Waals surface area contributed by atoms with Crippen molar-refractivity contribution in [2.24, 2.45) is 11.3 Å². The Hall–Kier alpha value is -0.330. The lowest BCUT2D eigenvalue weighted by Crippen LogP contribution is -2.20. The third-order valence-electron chi connectivity index (χ3n) is 3.37. The Morgan fingerprint density at radius 1 is 1.70 bits per heavy atom. The van der Waals surface area contributed by atoms with Crippen molar-refractivity contribution in [3.63, 3.8) is 0 Å². The number of hydrogen-bond acceptors (Lipinski definition) is 1. The molecule has 0 amide bonds. The Bertz CT molecular complexity index is 174. The zero-order chi connectivity index (χ0) is 7.19. The van der Waals surface area contributed by atoms with Crippen molar-refractivity contribution in [3.8, 4) is 0 Å². The van der Waals surface area contributed by atoms with Crippen LogP contribution in [0.15, 0.2) is 0 Å². The lowest BCUT2D eigenvalue weighted by molar-refractivity contribution is -0.126. The molecule has 1 heteroatoms. The highest BCUT2D eigenvalue weighted by Crippen LogP contribution is 2.61. The van der Waals surface area contributed by atoms with Crippen LogP contribution in [0.5, 0.6) is 0 Å². The fourth-order valence-electron chi connectivity index (χ4n) is 2.49. The molecule has 0 N–H and O–H groups in total. The molecule has 56 valence electrons. The van der Waals surface area contributed by atoms with Crippen LogP contribution in [0.2, 0.25) is 0 Å². The summed E-state index contributed by atoms with van der Waals surface area (Å²) in [7, 11) is 0. The molecule has 2 rings (SSSR count). The zero-order valence-corrected chi connectivity index (χ0v) is 6.52. The SMILES string of the molecule is CC[C@@]12C[C@@H]1CCCC2=O. The van der Waals surface area contributed by atoms with E-state index >= 15 is 0 Å². The molecule has 0 aliphatic heterocycles. The number of fused-ring (bicyclic) bond motifs is 1. The van der Waals surface area contributed by atoms with Gasteiger partial charge in [-0.3, -0.25) is 4.79 Å². The minimum absolute atomic E-state index is 0.207. The summed E-state index contributed by atoms with van der Waals surface area (Å²) in [6.07, 6.45) is 5.65. The van der Waals surface area contributed by atoms with Gasteiger partial charge in [-0.15, -0.1) is 0 Å². The zero-order valence-electron chi connectivity index (χ0n) is 6.52. The van der Waals surface area contributed by atoms with Gasteiger partial charge in [0, 0.05) is 11.8 Å². The van der Waals surface area contributed by atoms with Crippen LogP contribution in [0, 0.1) is 11.3 Å². The first-order valence-electron chi connectivity index (χ1n) is 4.33. The average molecular weight is 138 g/mol. The van der Waals surface area contributed by atoms with Crippen LogP contribution in [0.3, 0.4) is 0 Å². The summed E-state index contributed by atoms with van der Waals surface area (Å²) in [5, 5.41) is 0. The average Bonchev–Trinajstić information content (AvgIpc) is 2.65. The first-order chi connectivity index (χ1) is 4.79. The molecule has 0 radical (unpaired) electrons. The van der Waals surface area contributed by atoms with Gasteiger partial charge in [0.05, 0.1) is 0 Å². The van der Waals surface area contributed by atoms with E-state index in [1.54, 1.807) is 0 Å². The van der Waals surface area contributed by atoms with E-state index in [0.717, 1.165) is 25.2 Å². The molecule has 0 saturated heterocycles. The largest absolute Gasteiger partial charge is 0.299 e. The number of rotatable bonds is 1. The third kappa shape index (κ3) is 0.609. The van der Waals surface area contributed by atoms with Crippen LogP contribution in [0.1, 0.15) is 39.0 Å². The van der Waals surface area contributed by atoms with Gasteiger partial charge in [0.25, 0.3) is 0 Å². The normalized spacial score (nSPS) is 44.9. The second kappa shape index (κ2) is 1.84. The molecule has 2 aliphatic carbocycles. The Kier molecular flexibility index (Phi) is 1.17. The first-order valence-corrected chi connectivity index (χ1v) is 4.33. The number of carbonyl (C=O) groups excluding carboxylic acids is 1. The highest BCUT2D eigenvalue weighted by Gasteiger charge is 2.58. The van der Waals surface area contributed by atoms with E-state index in [1.807, 2.05) is 0 Å². The number of Topliss-reactive ketones (excluding diaryl/α,β-unsaturated/α-hetero) is 1. The maximum absolute atomic E-state index is 11.4. The molecule has 0 unspecified atom stereocenters. The summed E-state index contributed by atoms with van der Waals surface area (Å²) in [5.41, 5.74) is 0.207. The third-order valence-corrected chi connectivity index (χ3v) is 3.37. The van der Waals surface area contributed by atoms with Crippen LogP contribution < -0.4 is 0 Å². The second-order valence-corrected chi connectivity index (χ2v) is 3.73. The van der Waals surface area contributed by atoms with Gasteiger partial charge >= 0.3 is 0 Å². The van der Waals surface area contributed by atoms with Gasteiger partial charge in [-0.2, -0.15) is 0 Å². The van der Waals surface area contributed by atoms with E-state index in [4.69, 9.17) is 0 Å². The summed E-state index contributed by atoms with van der Waals surface area (Å²) in [6, 6.07) is 0. The summed E-state index contributed by atoms with van der Waals surface area (Å²) in [6.45, 7) is 2.16. The van der Waals surface area contributed by atoms with Crippen molar-refractivity contribution in [1.82, 2.24) is 0 Å². The quantitative estimate of drug-likeness (QED) is 0.542. The van der Waals surface area contributed by atoms with Crippen molar-refractivity contribution in [1.29, 1.82) is 0 Å². The summed E-state index contributed by atoms with van der Waals surface area (Å²) < 4.78 is 0. The van der Waals surface area contributed by atoms with E-state index in [0.29, 0.717) is 5.78 Å². The van der Waals surface area contributed by atoms with Gasteiger partial charge in [-0.25, -0.2) is 0 Å². The molecule has 0 spiro atoms. The molecule has 2 aliphatic rings. The first kappa shape index (κ1) is 6.38. The molecule has 0 aromatic carbocycles. The van der Waals surface area contributed by atoms with Gasteiger partial charge in [0.15, 0.2) is 0 Å². The second-order valence-electron chi connectivity index (χ2n) is 3.73. The molecule has 2 atom stereocenters. The molecule has 0 bridgehead atoms. The van der Waals surface area contributed by atoms with Gasteiger partial charge in [0.1, 0.15) is 5.78 Å². The van der Waals surface area contributed by atoms with Crippen LogP contribution in [-0.2, 0) is 4.79 Å². The van der Waals surface area contributed by atoms with Crippen LogP contribution in [-0.4, -0.2) is 5.78 Å². The Balaban J connectivity index is 2.17. The fraction of sp³-hybridized carbons (Fsp3) is 0.889. The molecular formula is C9H14O. The Morgan fingerprint density at radius 3 is 3.00 bits per heavy atom. The van der Waals surface area contributed by atoms with Crippen molar-refractivity contribution in [3.05, 3.63) is 0 Å². The number of carbonyl (C=O) groups is 1. The molecule has 2 fully saturated rings. The Morgan fingerprint density at radius 2 is 2.50 bits per heavy atom. The minimum atomic E-state index is 0.207. The van der Waals surface area contributed by atoms with Crippen molar-refractivity contribution in [2.45, 2.75) is 39.0 Å². The molecule has 1 nitrogen and oxygen atoms in total. The van der Waals surface area contributed by atoms with E-state index in [-0.39, 0.29) is 5.41 Å². The Labute approximate surface area is 61.8 Å². The molecular weight excluding hydrogens is 124 g/mol. The van der Waals surface area contributed by atoms with Crippen molar-refractivity contribution >= 4 is 5.78 Å². The molecule has 10 heavy (non-hydrogen) atoms. The predicted octanol–water partition coefficient (Wildman–Crippen LogP) is 2.16.